The predicted octanol–water partition coefficient (Wildman–Crippen LogP) is 3.61. The summed E-state index contributed by atoms with van der Waals surface area (Å²) in [5, 5.41) is 3.93. The third-order valence-electron chi connectivity index (χ3n) is 4.13. The second-order valence-corrected chi connectivity index (χ2v) is 7.14. The maximum Gasteiger partial charge on any atom is 0.147 e. The lowest BCUT2D eigenvalue weighted by atomic mass is 10.3. The van der Waals surface area contributed by atoms with Gasteiger partial charge in [0.1, 0.15) is 16.9 Å². The van der Waals surface area contributed by atoms with Crippen molar-refractivity contribution in [2.45, 2.75) is 26.5 Å². The van der Waals surface area contributed by atoms with Crippen LogP contribution in [0, 0.1) is 0 Å². The molecule has 0 spiro atoms. The third kappa shape index (κ3) is 4.25. The first-order chi connectivity index (χ1) is 11.7. The number of pyridine rings is 1. The second kappa shape index (κ2) is 8.25. The maximum atomic E-state index is 6.24. The van der Waals surface area contributed by atoms with E-state index in [0.29, 0.717) is 6.61 Å². The average molecular weight is 367 g/mol. The van der Waals surface area contributed by atoms with Crippen LogP contribution in [0.5, 0.6) is 0 Å². The number of rotatable bonds is 6. The van der Waals surface area contributed by atoms with Gasteiger partial charge < -0.3 is 9.64 Å². The molecule has 7 heteroatoms. The predicted molar refractivity (Wildman–Crippen MR) is 98.9 cm³/mol. The quantitative estimate of drug-likeness (QED) is 0.781. The zero-order chi connectivity index (χ0) is 16.9. The average Bonchev–Trinajstić information content (AvgIpc) is 3.05. The van der Waals surface area contributed by atoms with Crippen LogP contribution < -0.4 is 4.90 Å². The molecule has 0 aliphatic carbocycles. The Hall–Kier alpha value is -1.21. The van der Waals surface area contributed by atoms with Gasteiger partial charge in [-0.15, -0.1) is 11.3 Å². The Morgan fingerprint density at radius 2 is 2.12 bits per heavy atom. The first-order valence-corrected chi connectivity index (χ1v) is 9.57. The van der Waals surface area contributed by atoms with E-state index >= 15 is 0 Å². The van der Waals surface area contributed by atoms with Crippen molar-refractivity contribution in [3.05, 3.63) is 39.4 Å². The molecular formula is C17H23ClN4OS. The Balaban J connectivity index is 1.53. The minimum absolute atomic E-state index is 0.0805. The van der Waals surface area contributed by atoms with Crippen molar-refractivity contribution in [3.8, 4) is 0 Å². The van der Waals surface area contributed by atoms with Crippen molar-refractivity contribution in [3.63, 3.8) is 0 Å². The molecule has 0 aromatic carbocycles. The lowest BCUT2D eigenvalue weighted by molar-refractivity contribution is 0.0760. The van der Waals surface area contributed by atoms with Crippen molar-refractivity contribution in [2.24, 2.45) is 0 Å². The molecule has 2 aromatic rings. The summed E-state index contributed by atoms with van der Waals surface area (Å²) < 4.78 is 5.61. The van der Waals surface area contributed by atoms with Crippen LogP contribution in [0.15, 0.2) is 23.7 Å². The van der Waals surface area contributed by atoms with Gasteiger partial charge in [-0.1, -0.05) is 11.6 Å². The molecule has 24 heavy (non-hydrogen) atoms. The van der Waals surface area contributed by atoms with E-state index in [1.165, 1.54) is 0 Å². The van der Waals surface area contributed by atoms with Crippen molar-refractivity contribution in [1.29, 1.82) is 0 Å². The zero-order valence-electron chi connectivity index (χ0n) is 14.1. The number of halogens is 1. The Labute approximate surface area is 152 Å². The van der Waals surface area contributed by atoms with Gasteiger partial charge in [0, 0.05) is 50.9 Å². The fraction of sp³-hybridized carbons (Fsp3) is 0.529. The molecule has 2 aromatic heterocycles. The molecule has 0 bridgehead atoms. The highest BCUT2D eigenvalue weighted by Gasteiger charge is 2.20. The highest BCUT2D eigenvalue weighted by atomic mass is 35.5. The van der Waals surface area contributed by atoms with Gasteiger partial charge in [0.2, 0.25) is 0 Å². The van der Waals surface area contributed by atoms with Gasteiger partial charge in [-0.3, -0.25) is 4.90 Å². The smallest absolute Gasteiger partial charge is 0.147 e. The van der Waals surface area contributed by atoms with Crippen LogP contribution in [-0.4, -0.2) is 47.7 Å². The molecule has 5 nitrogen and oxygen atoms in total. The Bertz CT molecular complexity index is 658. The first kappa shape index (κ1) is 17.6. The standard InChI is InChI=1S/C17H23ClN4OS/c1-3-23-13(2)17-20-14(12-24-17)11-21-7-9-22(10-8-21)16-15(18)5-4-6-19-16/h4-6,12-13H,3,7-11H2,1-2H3. The number of piperazine rings is 1. The second-order valence-electron chi connectivity index (χ2n) is 5.85. The van der Waals surface area contributed by atoms with Gasteiger partial charge in [-0.25, -0.2) is 9.97 Å². The summed E-state index contributed by atoms with van der Waals surface area (Å²) in [5.41, 5.74) is 1.13. The number of hydrogen-bond acceptors (Lipinski definition) is 6. The molecule has 0 saturated carbocycles. The van der Waals surface area contributed by atoms with Gasteiger partial charge in [0.05, 0.1) is 10.7 Å². The molecule has 1 aliphatic rings. The minimum atomic E-state index is 0.0805. The van der Waals surface area contributed by atoms with E-state index in [-0.39, 0.29) is 6.10 Å². The van der Waals surface area contributed by atoms with Crippen molar-refractivity contribution < 1.29 is 4.74 Å². The first-order valence-electron chi connectivity index (χ1n) is 8.31. The normalized spacial score (nSPS) is 17.2. The van der Waals surface area contributed by atoms with Gasteiger partial charge in [-0.05, 0) is 26.0 Å². The Kier molecular flexibility index (Phi) is 6.05. The van der Waals surface area contributed by atoms with E-state index in [1.54, 1.807) is 17.5 Å². The highest BCUT2D eigenvalue weighted by molar-refractivity contribution is 7.09. The topological polar surface area (TPSA) is 41.5 Å². The largest absolute Gasteiger partial charge is 0.372 e. The fourth-order valence-corrected chi connectivity index (χ4v) is 3.91. The number of anilines is 1. The molecule has 3 rings (SSSR count). The van der Waals surface area contributed by atoms with Crippen molar-refractivity contribution in [2.75, 3.05) is 37.7 Å². The molecule has 3 heterocycles. The van der Waals surface area contributed by atoms with E-state index in [4.69, 9.17) is 21.3 Å². The Morgan fingerprint density at radius 3 is 2.83 bits per heavy atom. The van der Waals surface area contributed by atoms with E-state index in [9.17, 15) is 0 Å². The van der Waals surface area contributed by atoms with Crippen LogP contribution in [0.1, 0.15) is 30.7 Å². The summed E-state index contributed by atoms with van der Waals surface area (Å²) in [6.07, 6.45) is 1.88. The monoisotopic (exact) mass is 366 g/mol. The number of aromatic nitrogens is 2. The SMILES string of the molecule is CCOC(C)c1nc(CN2CCN(c3ncccc3Cl)CC2)cs1. The molecule has 1 aliphatic heterocycles. The lowest BCUT2D eigenvalue weighted by Crippen LogP contribution is -2.46. The van der Waals surface area contributed by atoms with E-state index in [1.807, 2.05) is 19.1 Å². The van der Waals surface area contributed by atoms with Crippen LogP contribution in [0.2, 0.25) is 5.02 Å². The fourth-order valence-electron chi connectivity index (χ4n) is 2.86. The summed E-state index contributed by atoms with van der Waals surface area (Å²) in [7, 11) is 0. The van der Waals surface area contributed by atoms with Crippen LogP contribution in [0.25, 0.3) is 0 Å². The summed E-state index contributed by atoms with van der Waals surface area (Å²) in [6.45, 7) is 9.51. The van der Waals surface area contributed by atoms with Crippen molar-refractivity contribution >= 4 is 28.8 Å². The number of ether oxygens (including phenoxy) is 1. The van der Waals surface area contributed by atoms with Gasteiger partial charge in [0.15, 0.2) is 0 Å². The highest BCUT2D eigenvalue weighted by Crippen LogP contribution is 2.25. The molecule has 1 atom stereocenters. The van der Waals surface area contributed by atoms with E-state index < -0.39 is 0 Å². The summed E-state index contributed by atoms with van der Waals surface area (Å²) >= 11 is 7.93. The molecular weight excluding hydrogens is 344 g/mol. The van der Waals surface area contributed by atoms with Crippen LogP contribution in [0.3, 0.4) is 0 Å². The van der Waals surface area contributed by atoms with Crippen LogP contribution in [0.4, 0.5) is 5.82 Å². The molecule has 0 N–H and O–H groups in total. The molecule has 130 valence electrons. The third-order valence-corrected chi connectivity index (χ3v) is 5.48. The number of hydrogen-bond donors (Lipinski definition) is 0. The van der Waals surface area contributed by atoms with E-state index in [2.05, 4.69) is 27.1 Å². The van der Waals surface area contributed by atoms with Gasteiger partial charge >= 0.3 is 0 Å². The Morgan fingerprint density at radius 1 is 1.33 bits per heavy atom. The zero-order valence-corrected chi connectivity index (χ0v) is 15.7. The summed E-state index contributed by atoms with van der Waals surface area (Å²) in [4.78, 5) is 13.8. The van der Waals surface area contributed by atoms with Gasteiger partial charge in [-0.2, -0.15) is 0 Å². The number of thiazole rings is 1. The molecule has 1 fully saturated rings. The lowest BCUT2D eigenvalue weighted by Gasteiger charge is -2.35. The summed E-state index contributed by atoms with van der Waals surface area (Å²) in [5.74, 6) is 0.889. The molecule has 0 amide bonds. The summed E-state index contributed by atoms with van der Waals surface area (Å²) in [6, 6.07) is 3.76. The van der Waals surface area contributed by atoms with Crippen LogP contribution in [-0.2, 0) is 11.3 Å². The molecule has 1 unspecified atom stereocenters. The van der Waals surface area contributed by atoms with E-state index in [0.717, 1.165) is 54.3 Å². The van der Waals surface area contributed by atoms with Crippen LogP contribution >= 0.6 is 22.9 Å². The van der Waals surface area contributed by atoms with Crippen molar-refractivity contribution in [1.82, 2.24) is 14.9 Å². The van der Waals surface area contributed by atoms with Gasteiger partial charge in [0.25, 0.3) is 0 Å². The number of nitrogens with zero attached hydrogens (tertiary/aromatic N) is 4. The maximum absolute atomic E-state index is 6.24. The molecule has 0 radical (unpaired) electrons. The minimum Gasteiger partial charge on any atom is -0.372 e. The molecule has 1 saturated heterocycles.